The minimum absolute atomic E-state index is 0.0913. The van der Waals surface area contributed by atoms with Gasteiger partial charge in [-0.2, -0.15) is 0 Å². The lowest BCUT2D eigenvalue weighted by molar-refractivity contribution is -0.385. The molecule has 0 aliphatic carbocycles. The van der Waals surface area contributed by atoms with Gasteiger partial charge in [0.2, 0.25) is 10.0 Å². The van der Waals surface area contributed by atoms with Crippen molar-refractivity contribution in [3.8, 4) is 0 Å². The van der Waals surface area contributed by atoms with Crippen molar-refractivity contribution in [1.29, 1.82) is 0 Å². The summed E-state index contributed by atoms with van der Waals surface area (Å²) in [5, 5.41) is 13.8. The van der Waals surface area contributed by atoms with Crippen LogP contribution in [0.25, 0.3) is 0 Å². The van der Waals surface area contributed by atoms with Crippen LogP contribution in [0.3, 0.4) is 0 Å². The van der Waals surface area contributed by atoms with Gasteiger partial charge < -0.3 is 5.32 Å². The molecule has 0 saturated carbocycles. The zero-order chi connectivity index (χ0) is 14.5. The first-order chi connectivity index (χ1) is 8.79. The van der Waals surface area contributed by atoms with Crippen LogP contribution in [-0.4, -0.2) is 32.7 Å². The Balaban J connectivity index is 2.46. The van der Waals surface area contributed by atoms with E-state index in [1.807, 2.05) is 0 Å². The number of aryl methyl sites for hydroxylation is 1. The Morgan fingerprint density at radius 3 is 2.58 bits per heavy atom. The number of hydrogen-bond donors (Lipinski definition) is 2. The third-order valence-corrected chi connectivity index (χ3v) is 3.19. The molecule has 2 N–H and O–H groups in total. The van der Waals surface area contributed by atoms with Crippen molar-refractivity contribution in [1.82, 2.24) is 10.0 Å². The summed E-state index contributed by atoms with van der Waals surface area (Å²) in [6.45, 7) is 2.87. The SMILES string of the molecule is Cc1ccc(CNCCNS(C)(=O)=O)cc1[N+](=O)[O-]. The van der Waals surface area contributed by atoms with Crippen molar-refractivity contribution < 1.29 is 13.3 Å². The van der Waals surface area contributed by atoms with Gasteiger partial charge in [-0.05, 0) is 12.5 Å². The van der Waals surface area contributed by atoms with Crippen LogP contribution >= 0.6 is 0 Å². The Hall–Kier alpha value is -1.51. The molecule has 0 saturated heterocycles. The molecular formula is C11H17N3O4S. The van der Waals surface area contributed by atoms with Crippen molar-refractivity contribution in [2.45, 2.75) is 13.5 Å². The Bertz CT molecular complexity index is 557. The number of nitro benzene ring substituents is 1. The molecule has 0 bridgehead atoms. The van der Waals surface area contributed by atoms with E-state index in [9.17, 15) is 18.5 Å². The average molecular weight is 287 g/mol. The minimum Gasteiger partial charge on any atom is -0.311 e. The fourth-order valence-corrected chi connectivity index (χ4v) is 1.99. The highest BCUT2D eigenvalue weighted by Gasteiger charge is 2.10. The molecule has 1 aromatic rings. The molecule has 0 spiro atoms. The van der Waals surface area contributed by atoms with Crippen LogP contribution in [0.15, 0.2) is 18.2 Å². The molecule has 1 rings (SSSR count). The Labute approximate surface area is 112 Å². The lowest BCUT2D eigenvalue weighted by Crippen LogP contribution is -2.30. The quantitative estimate of drug-likeness (QED) is 0.433. The highest BCUT2D eigenvalue weighted by Crippen LogP contribution is 2.18. The topological polar surface area (TPSA) is 101 Å². The number of nitrogens with one attached hydrogen (secondary N) is 2. The standard InChI is InChI=1S/C11H17N3O4S/c1-9-3-4-10(7-11(9)14(15)16)8-12-5-6-13-19(2,17)18/h3-4,7,12-13H,5-6,8H2,1-2H3. The molecule has 0 radical (unpaired) electrons. The third-order valence-electron chi connectivity index (χ3n) is 2.47. The van der Waals surface area contributed by atoms with E-state index in [4.69, 9.17) is 0 Å². The second-order valence-corrected chi connectivity index (χ2v) is 6.05. The van der Waals surface area contributed by atoms with Crippen LogP contribution in [0.1, 0.15) is 11.1 Å². The number of benzene rings is 1. The zero-order valence-electron chi connectivity index (χ0n) is 10.8. The molecule has 0 aliphatic heterocycles. The van der Waals surface area contributed by atoms with E-state index in [2.05, 4.69) is 10.0 Å². The first-order valence-corrected chi connectivity index (χ1v) is 7.58. The summed E-state index contributed by atoms with van der Waals surface area (Å²) in [6.07, 6.45) is 1.09. The van der Waals surface area contributed by atoms with Gasteiger partial charge in [-0.1, -0.05) is 12.1 Å². The predicted molar refractivity (Wildman–Crippen MR) is 72.4 cm³/mol. The van der Waals surface area contributed by atoms with Crippen LogP contribution in [0.2, 0.25) is 0 Å². The number of rotatable bonds is 7. The summed E-state index contributed by atoms with van der Waals surface area (Å²) in [7, 11) is -3.17. The Morgan fingerprint density at radius 2 is 2.00 bits per heavy atom. The summed E-state index contributed by atoms with van der Waals surface area (Å²) < 4.78 is 24.0. The van der Waals surface area contributed by atoms with Crippen LogP contribution in [0.5, 0.6) is 0 Å². The van der Waals surface area contributed by atoms with Gasteiger partial charge >= 0.3 is 0 Å². The van der Waals surface area contributed by atoms with Crippen LogP contribution < -0.4 is 10.0 Å². The van der Waals surface area contributed by atoms with Gasteiger partial charge in [-0.15, -0.1) is 0 Å². The maximum Gasteiger partial charge on any atom is 0.272 e. The van der Waals surface area contributed by atoms with E-state index >= 15 is 0 Å². The van der Waals surface area contributed by atoms with Gasteiger partial charge in [-0.3, -0.25) is 10.1 Å². The Morgan fingerprint density at radius 1 is 1.32 bits per heavy atom. The predicted octanol–water partition coefficient (Wildman–Crippen LogP) is 0.542. The molecule has 0 fully saturated rings. The second kappa shape index (κ2) is 6.60. The van der Waals surface area contributed by atoms with Gasteiger partial charge in [0.25, 0.3) is 5.69 Å². The summed E-state index contributed by atoms with van der Waals surface area (Å²) >= 11 is 0. The summed E-state index contributed by atoms with van der Waals surface area (Å²) in [5.41, 5.74) is 1.50. The van der Waals surface area contributed by atoms with E-state index in [-0.39, 0.29) is 12.2 Å². The first kappa shape index (κ1) is 15.5. The molecular weight excluding hydrogens is 270 g/mol. The van der Waals surface area contributed by atoms with E-state index < -0.39 is 14.9 Å². The van der Waals surface area contributed by atoms with Gasteiger partial charge in [-0.25, -0.2) is 13.1 Å². The van der Waals surface area contributed by atoms with Crippen molar-refractivity contribution in [2.24, 2.45) is 0 Å². The van der Waals surface area contributed by atoms with Gasteiger partial charge in [0.05, 0.1) is 11.2 Å². The van der Waals surface area contributed by atoms with Crippen LogP contribution in [0.4, 0.5) is 5.69 Å². The maximum atomic E-state index is 10.8. The number of sulfonamides is 1. The molecule has 7 nitrogen and oxygen atoms in total. The highest BCUT2D eigenvalue weighted by molar-refractivity contribution is 7.88. The lowest BCUT2D eigenvalue weighted by atomic mass is 10.1. The van der Waals surface area contributed by atoms with E-state index in [1.165, 1.54) is 6.07 Å². The molecule has 0 aromatic heterocycles. The zero-order valence-corrected chi connectivity index (χ0v) is 11.7. The average Bonchev–Trinajstić information content (AvgIpc) is 2.29. The molecule has 0 atom stereocenters. The molecule has 8 heteroatoms. The lowest BCUT2D eigenvalue weighted by Gasteiger charge is -2.06. The van der Waals surface area contributed by atoms with Crippen molar-refractivity contribution in [2.75, 3.05) is 19.3 Å². The normalized spacial score (nSPS) is 11.5. The third kappa shape index (κ3) is 5.77. The minimum atomic E-state index is -3.17. The number of nitro groups is 1. The molecule has 0 unspecified atom stereocenters. The van der Waals surface area contributed by atoms with Crippen LogP contribution in [0, 0.1) is 17.0 Å². The van der Waals surface area contributed by atoms with E-state index in [1.54, 1.807) is 19.1 Å². The number of hydrogen-bond acceptors (Lipinski definition) is 5. The van der Waals surface area contributed by atoms with Crippen LogP contribution in [-0.2, 0) is 16.6 Å². The molecule has 0 amide bonds. The number of nitrogens with zero attached hydrogens (tertiary/aromatic N) is 1. The largest absolute Gasteiger partial charge is 0.311 e. The fraction of sp³-hybridized carbons (Fsp3) is 0.455. The highest BCUT2D eigenvalue weighted by atomic mass is 32.2. The summed E-state index contributed by atoms with van der Waals surface area (Å²) in [6, 6.07) is 5.02. The Kier molecular flexibility index (Phi) is 5.40. The second-order valence-electron chi connectivity index (χ2n) is 4.22. The first-order valence-electron chi connectivity index (χ1n) is 5.69. The van der Waals surface area contributed by atoms with E-state index in [0.29, 0.717) is 18.7 Å². The van der Waals surface area contributed by atoms with Gasteiger partial charge in [0.15, 0.2) is 0 Å². The maximum absolute atomic E-state index is 10.8. The van der Waals surface area contributed by atoms with Crippen molar-refractivity contribution in [3.05, 3.63) is 39.4 Å². The molecule has 0 heterocycles. The van der Waals surface area contributed by atoms with Gasteiger partial charge in [0.1, 0.15) is 0 Å². The molecule has 19 heavy (non-hydrogen) atoms. The van der Waals surface area contributed by atoms with Crippen molar-refractivity contribution in [3.63, 3.8) is 0 Å². The van der Waals surface area contributed by atoms with E-state index in [0.717, 1.165) is 11.8 Å². The van der Waals surface area contributed by atoms with Gasteiger partial charge in [0, 0.05) is 31.3 Å². The smallest absolute Gasteiger partial charge is 0.272 e. The molecule has 1 aromatic carbocycles. The fourth-order valence-electron chi connectivity index (χ4n) is 1.52. The summed E-state index contributed by atoms with van der Waals surface area (Å²) in [4.78, 5) is 10.4. The molecule has 0 aliphatic rings. The molecule has 106 valence electrons. The monoisotopic (exact) mass is 287 g/mol. The summed E-state index contributed by atoms with van der Waals surface area (Å²) in [5.74, 6) is 0. The van der Waals surface area contributed by atoms with Crippen molar-refractivity contribution >= 4 is 15.7 Å².